The fraction of sp³-hybridized carbons (Fsp3) is 0.950. The Morgan fingerprint density at radius 1 is 0.955 bits per heavy atom. The van der Waals surface area contributed by atoms with Crippen LogP contribution >= 0.6 is 0 Å². The number of carbonyl (C=O) groups is 1. The van der Waals surface area contributed by atoms with Gasteiger partial charge in [-0.3, -0.25) is 4.79 Å². The van der Waals surface area contributed by atoms with Crippen molar-refractivity contribution in [1.29, 1.82) is 0 Å². The molecule has 0 aromatic heterocycles. The minimum Gasteiger partial charge on any atom is -0.459 e. The molecule has 0 aromatic rings. The fourth-order valence-corrected chi connectivity index (χ4v) is 8.82. The van der Waals surface area contributed by atoms with E-state index in [9.17, 15) is 4.79 Å². The van der Waals surface area contributed by atoms with Gasteiger partial charge in [0.05, 0.1) is 5.92 Å². The number of hydrogen-bond donors (Lipinski definition) is 0. The zero-order valence-corrected chi connectivity index (χ0v) is 14.0. The average Bonchev–Trinajstić information content (AvgIpc) is 2.95. The number of carbonyl (C=O) groups excluding carboxylic acids is 1. The molecule has 0 N–H and O–H groups in total. The third-order valence-electron chi connectivity index (χ3n) is 10.1. The smallest absolute Gasteiger partial charge is 0.309 e. The average molecular weight is 300 g/mol. The summed E-state index contributed by atoms with van der Waals surface area (Å²) in [4.78, 5) is 12.9. The second-order valence-electron chi connectivity index (χ2n) is 10.0. The van der Waals surface area contributed by atoms with Crippen molar-refractivity contribution in [2.24, 2.45) is 58.7 Å². The van der Waals surface area contributed by atoms with Gasteiger partial charge in [-0.25, -0.2) is 0 Å². The molecule has 2 heteroatoms. The quantitative estimate of drug-likeness (QED) is 0.723. The molecule has 0 amide bonds. The molecule has 9 unspecified atom stereocenters. The molecular weight excluding hydrogens is 272 g/mol. The standard InChI is InChI=1S/C20H28O2/c1-9-10(2)14-4-11(9)5-15(14)18(21)22-19(3)16-7-12-6-13-8-17(19)20(12,13)16/h9-17H,4-8H2,1-3H3. The second kappa shape index (κ2) is 3.44. The van der Waals surface area contributed by atoms with Gasteiger partial charge in [0.15, 0.2) is 0 Å². The Hall–Kier alpha value is -0.530. The van der Waals surface area contributed by atoms with E-state index in [2.05, 4.69) is 20.8 Å². The van der Waals surface area contributed by atoms with Crippen LogP contribution in [0.15, 0.2) is 0 Å². The summed E-state index contributed by atoms with van der Waals surface area (Å²) in [5, 5.41) is 0. The molecule has 120 valence electrons. The Morgan fingerprint density at radius 3 is 2.18 bits per heavy atom. The number of rotatable bonds is 2. The molecule has 22 heavy (non-hydrogen) atoms. The van der Waals surface area contributed by atoms with Crippen LogP contribution in [0.5, 0.6) is 0 Å². The highest BCUT2D eigenvalue weighted by Gasteiger charge is 2.89. The zero-order valence-electron chi connectivity index (χ0n) is 14.0. The molecule has 6 rings (SSSR count). The van der Waals surface area contributed by atoms with E-state index >= 15 is 0 Å². The van der Waals surface area contributed by atoms with Crippen molar-refractivity contribution in [2.45, 2.75) is 58.5 Å². The first kappa shape index (κ1) is 12.8. The summed E-state index contributed by atoms with van der Waals surface area (Å²) < 4.78 is 6.29. The van der Waals surface area contributed by atoms with Gasteiger partial charge in [-0.2, -0.15) is 0 Å². The van der Waals surface area contributed by atoms with E-state index in [4.69, 9.17) is 4.74 Å². The van der Waals surface area contributed by atoms with Gasteiger partial charge in [-0.1, -0.05) is 13.8 Å². The highest BCUT2D eigenvalue weighted by molar-refractivity contribution is 5.74. The summed E-state index contributed by atoms with van der Waals surface area (Å²) in [6, 6.07) is 0. The number of esters is 1. The molecular formula is C20H28O2. The molecule has 0 aliphatic heterocycles. The van der Waals surface area contributed by atoms with Gasteiger partial charge < -0.3 is 4.74 Å². The highest BCUT2D eigenvalue weighted by atomic mass is 16.6. The van der Waals surface area contributed by atoms with Crippen molar-refractivity contribution in [1.82, 2.24) is 0 Å². The Morgan fingerprint density at radius 2 is 1.64 bits per heavy atom. The molecule has 6 fully saturated rings. The molecule has 1 spiro atoms. The molecule has 9 atom stereocenters. The third-order valence-corrected chi connectivity index (χ3v) is 10.1. The second-order valence-corrected chi connectivity index (χ2v) is 10.0. The van der Waals surface area contributed by atoms with Gasteiger partial charge in [0.2, 0.25) is 0 Å². The van der Waals surface area contributed by atoms with E-state index < -0.39 is 0 Å². The van der Waals surface area contributed by atoms with Crippen LogP contribution < -0.4 is 0 Å². The van der Waals surface area contributed by atoms with Crippen LogP contribution in [-0.4, -0.2) is 11.6 Å². The maximum atomic E-state index is 12.9. The van der Waals surface area contributed by atoms with Crippen LogP contribution in [0.1, 0.15) is 52.9 Å². The molecule has 6 aliphatic carbocycles. The van der Waals surface area contributed by atoms with Gasteiger partial charge in [-0.05, 0) is 80.0 Å². The molecule has 0 radical (unpaired) electrons. The van der Waals surface area contributed by atoms with Crippen LogP contribution in [-0.2, 0) is 9.53 Å². The Labute approximate surface area is 133 Å². The maximum Gasteiger partial charge on any atom is 0.309 e. The van der Waals surface area contributed by atoms with Gasteiger partial charge >= 0.3 is 5.97 Å². The Balaban J connectivity index is 1.20. The SMILES string of the molecule is CC1C2CC(C(=O)OC3(C)C4CC5CC6CC3C564)C(C2)C1C. The lowest BCUT2D eigenvalue weighted by Gasteiger charge is -2.90. The Bertz CT molecular complexity index is 556. The predicted molar refractivity (Wildman–Crippen MR) is 82.8 cm³/mol. The van der Waals surface area contributed by atoms with Crippen molar-refractivity contribution < 1.29 is 9.53 Å². The first-order chi connectivity index (χ1) is 10.5. The largest absolute Gasteiger partial charge is 0.459 e. The van der Waals surface area contributed by atoms with E-state index in [1.807, 2.05) is 0 Å². The van der Waals surface area contributed by atoms with Crippen molar-refractivity contribution in [3.63, 3.8) is 0 Å². The summed E-state index contributed by atoms with van der Waals surface area (Å²) in [7, 11) is 0. The van der Waals surface area contributed by atoms with Crippen LogP contribution in [0, 0.1) is 58.7 Å². The minimum atomic E-state index is -0.0822. The summed E-state index contributed by atoms with van der Waals surface area (Å²) in [5.41, 5.74) is 0.604. The van der Waals surface area contributed by atoms with E-state index in [1.54, 1.807) is 0 Å². The summed E-state index contributed by atoms with van der Waals surface area (Å²) in [6.07, 6.45) is 6.57. The van der Waals surface area contributed by atoms with Gasteiger partial charge in [0.1, 0.15) is 5.60 Å². The third kappa shape index (κ3) is 1.03. The zero-order chi connectivity index (χ0) is 15.0. The van der Waals surface area contributed by atoms with Crippen LogP contribution in [0.2, 0.25) is 0 Å². The van der Waals surface area contributed by atoms with Crippen LogP contribution in [0.25, 0.3) is 0 Å². The Kier molecular flexibility index (Phi) is 2.01. The van der Waals surface area contributed by atoms with Crippen molar-refractivity contribution in [2.75, 3.05) is 0 Å². The maximum absolute atomic E-state index is 12.9. The first-order valence-corrected chi connectivity index (χ1v) is 9.70. The van der Waals surface area contributed by atoms with E-state index in [-0.39, 0.29) is 17.5 Å². The molecule has 2 bridgehead atoms. The van der Waals surface area contributed by atoms with Crippen LogP contribution in [0.4, 0.5) is 0 Å². The fourth-order valence-electron chi connectivity index (χ4n) is 8.82. The number of hydrogen-bond acceptors (Lipinski definition) is 2. The lowest BCUT2D eigenvalue weighted by atomic mass is 9.15. The van der Waals surface area contributed by atoms with E-state index in [0.717, 1.165) is 41.9 Å². The predicted octanol–water partition coefficient (Wildman–Crippen LogP) is 3.89. The van der Waals surface area contributed by atoms with Gasteiger partial charge in [0, 0.05) is 11.8 Å². The van der Waals surface area contributed by atoms with Crippen molar-refractivity contribution >= 4 is 5.97 Å². The molecule has 0 aromatic carbocycles. The van der Waals surface area contributed by atoms with Gasteiger partial charge in [0.25, 0.3) is 0 Å². The molecule has 2 nitrogen and oxygen atoms in total. The topological polar surface area (TPSA) is 26.3 Å². The lowest BCUT2D eigenvalue weighted by molar-refractivity contribution is -0.455. The first-order valence-electron chi connectivity index (χ1n) is 9.70. The van der Waals surface area contributed by atoms with Gasteiger partial charge in [-0.15, -0.1) is 0 Å². The molecule has 6 aliphatic rings. The number of fused-ring (bicyclic) bond motifs is 2. The summed E-state index contributed by atoms with van der Waals surface area (Å²) >= 11 is 0. The number of ether oxygens (including phenoxy) is 1. The van der Waals surface area contributed by atoms with E-state index in [0.29, 0.717) is 17.3 Å². The van der Waals surface area contributed by atoms with E-state index in [1.165, 1.54) is 25.7 Å². The minimum absolute atomic E-state index is 0.0822. The lowest BCUT2D eigenvalue weighted by Crippen LogP contribution is -2.90. The monoisotopic (exact) mass is 300 g/mol. The van der Waals surface area contributed by atoms with Crippen molar-refractivity contribution in [3.8, 4) is 0 Å². The normalized spacial score (nSPS) is 68.8. The highest BCUT2D eigenvalue weighted by Crippen LogP contribution is 2.90. The summed E-state index contributed by atoms with van der Waals surface area (Å²) in [5.74, 6) is 6.78. The summed E-state index contributed by atoms with van der Waals surface area (Å²) in [6.45, 7) is 7.01. The molecule has 0 saturated heterocycles. The van der Waals surface area contributed by atoms with Crippen LogP contribution in [0.3, 0.4) is 0 Å². The molecule has 0 heterocycles. The molecule has 6 saturated carbocycles. The van der Waals surface area contributed by atoms with Crippen molar-refractivity contribution in [3.05, 3.63) is 0 Å².